The summed E-state index contributed by atoms with van der Waals surface area (Å²) >= 11 is 1.62. The van der Waals surface area contributed by atoms with Gasteiger partial charge in [0.25, 0.3) is 0 Å². The van der Waals surface area contributed by atoms with Gasteiger partial charge in [0.15, 0.2) is 0 Å². The Morgan fingerprint density at radius 2 is 1.86 bits per heavy atom. The van der Waals surface area contributed by atoms with Crippen LogP contribution in [-0.2, 0) is 0 Å². The Morgan fingerprint density at radius 3 is 2.66 bits per heavy atom. The first-order valence-corrected chi connectivity index (χ1v) is 9.60. The van der Waals surface area contributed by atoms with Crippen LogP contribution in [0.5, 0.6) is 0 Å². The lowest BCUT2D eigenvalue weighted by Crippen LogP contribution is -1.93. The number of benzene rings is 2. The van der Waals surface area contributed by atoms with Crippen LogP contribution in [0, 0.1) is 6.92 Å². The standard InChI is InChI=1S/C21H15N5OS.ClH/c1-13-25-26-20(27-13)14-3-2-4-16(11-14)24-18-7-8-22-19-12-15(5-6-17(18)19)21-23-9-10-28-21;/h2-12H,1H3,(H,22,24);1H. The van der Waals surface area contributed by atoms with Crippen molar-refractivity contribution in [1.82, 2.24) is 20.2 Å². The number of hydrogen-bond acceptors (Lipinski definition) is 7. The maximum atomic E-state index is 5.53. The number of anilines is 2. The van der Waals surface area contributed by atoms with Gasteiger partial charge in [-0.15, -0.1) is 33.9 Å². The van der Waals surface area contributed by atoms with E-state index in [1.54, 1.807) is 18.3 Å². The van der Waals surface area contributed by atoms with Gasteiger partial charge in [-0.3, -0.25) is 4.98 Å². The molecule has 0 saturated carbocycles. The Kier molecular flexibility index (Phi) is 5.24. The quantitative estimate of drug-likeness (QED) is 0.390. The van der Waals surface area contributed by atoms with Gasteiger partial charge in [0.05, 0.1) is 5.52 Å². The number of halogens is 1. The molecular weight excluding hydrogens is 406 g/mol. The maximum absolute atomic E-state index is 5.53. The van der Waals surface area contributed by atoms with Crippen molar-refractivity contribution in [2.24, 2.45) is 0 Å². The van der Waals surface area contributed by atoms with Crippen molar-refractivity contribution in [1.29, 1.82) is 0 Å². The fourth-order valence-corrected chi connectivity index (χ4v) is 3.69. The number of pyridine rings is 1. The van der Waals surface area contributed by atoms with Crippen molar-refractivity contribution in [3.05, 3.63) is 72.2 Å². The number of aryl methyl sites for hydroxylation is 1. The number of rotatable bonds is 4. The van der Waals surface area contributed by atoms with Gasteiger partial charge in [0.2, 0.25) is 11.8 Å². The van der Waals surface area contributed by atoms with Gasteiger partial charge in [-0.2, -0.15) is 0 Å². The number of fused-ring (bicyclic) bond motifs is 1. The van der Waals surface area contributed by atoms with E-state index in [2.05, 4.69) is 43.7 Å². The second-order valence-electron chi connectivity index (χ2n) is 6.26. The van der Waals surface area contributed by atoms with E-state index in [0.717, 1.165) is 38.4 Å². The van der Waals surface area contributed by atoms with Crippen molar-refractivity contribution >= 4 is 46.0 Å². The molecular formula is C21H16ClN5OS. The highest BCUT2D eigenvalue weighted by molar-refractivity contribution is 7.13. The van der Waals surface area contributed by atoms with E-state index in [4.69, 9.17) is 4.42 Å². The molecule has 5 rings (SSSR count). The highest BCUT2D eigenvalue weighted by Crippen LogP contribution is 2.31. The summed E-state index contributed by atoms with van der Waals surface area (Å²) in [6, 6.07) is 16.1. The molecule has 0 atom stereocenters. The van der Waals surface area contributed by atoms with Crippen molar-refractivity contribution in [2.75, 3.05) is 5.32 Å². The fourth-order valence-electron chi connectivity index (χ4n) is 3.05. The topological polar surface area (TPSA) is 76.7 Å². The number of thiazole rings is 1. The van der Waals surface area contributed by atoms with Crippen molar-refractivity contribution in [3.63, 3.8) is 0 Å². The van der Waals surface area contributed by atoms with E-state index in [1.807, 2.05) is 48.1 Å². The van der Waals surface area contributed by atoms with E-state index in [0.29, 0.717) is 11.8 Å². The average Bonchev–Trinajstić information content (AvgIpc) is 3.40. The van der Waals surface area contributed by atoms with Crippen LogP contribution in [0.25, 0.3) is 32.9 Å². The van der Waals surface area contributed by atoms with Crippen LogP contribution in [0.2, 0.25) is 0 Å². The van der Waals surface area contributed by atoms with Crippen molar-refractivity contribution in [2.45, 2.75) is 6.92 Å². The third-order valence-electron chi connectivity index (χ3n) is 4.34. The van der Waals surface area contributed by atoms with Crippen LogP contribution >= 0.6 is 23.7 Å². The lowest BCUT2D eigenvalue weighted by molar-refractivity contribution is 0.533. The molecule has 0 fully saturated rings. The molecule has 0 amide bonds. The molecule has 0 spiro atoms. The minimum atomic E-state index is 0. The monoisotopic (exact) mass is 421 g/mol. The normalized spacial score (nSPS) is 10.7. The van der Waals surface area contributed by atoms with Crippen LogP contribution in [0.15, 0.2) is 70.7 Å². The van der Waals surface area contributed by atoms with E-state index >= 15 is 0 Å². The minimum Gasteiger partial charge on any atom is -0.421 e. The van der Waals surface area contributed by atoms with Crippen LogP contribution in [-0.4, -0.2) is 20.2 Å². The predicted molar refractivity (Wildman–Crippen MR) is 118 cm³/mol. The van der Waals surface area contributed by atoms with Crippen LogP contribution in [0.4, 0.5) is 11.4 Å². The Hall–Kier alpha value is -3.29. The first-order chi connectivity index (χ1) is 13.8. The zero-order valence-corrected chi connectivity index (χ0v) is 17.0. The molecule has 0 aliphatic rings. The molecule has 1 N–H and O–H groups in total. The second kappa shape index (κ2) is 7.98. The summed E-state index contributed by atoms with van der Waals surface area (Å²) in [4.78, 5) is 8.90. The van der Waals surface area contributed by atoms with Gasteiger partial charge < -0.3 is 9.73 Å². The molecule has 29 heavy (non-hydrogen) atoms. The van der Waals surface area contributed by atoms with Crippen molar-refractivity contribution in [3.8, 4) is 22.0 Å². The fraction of sp³-hybridized carbons (Fsp3) is 0.0476. The molecule has 3 heterocycles. The lowest BCUT2D eigenvalue weighted by Gasteiger charge is -2.11. The summed E-state index contributed by atoms with van der Waals surface area (Å²) in [5.41, 5.74) is 4.77. The number of nitrogens with one attached hydrogen (secondary N) is 1. The minimum absolute atomic E-state index is 0. The van der Waals surface area contributed by atoms with E-state index in [-0.39, 0.29) is 12.4 Å². The Labute approximate surface area is 177 Å². The van der Waals surface area contributed by atoms with Crippen molar-refractivity contribution < 1.29 is 4.42 Å². The Balaban J connectivity index is 0.00000205. The van der Waals surface area contributed by atoms with Crippen LogP contribution in [0.1, 0.15) is 5.89 Å². The number of hydrogen-bond donors (Lipinski definition) is 1. The first kappa shape index (κ1) is 19.0. The summed E-state index contributed by atoms with van der Waals surface area (Å²) in [6.07, 6.45) is 3.62. The van der Waals surface area contributed by atoms with Gasteiger partial charge in [-0.25, -0.2) is 4.98 Å². The van der Waals surface area contributed by atoms with Gasteiger partial charge in [0.1, 0.15) is 5.01 Å². The van der Waals surface area contributed by atoms with Gasteiger partial charge in [-0.05, 0) is 30.3 Å². The predicted octanol–water partition coefficient (Wildman–Crippen LogP) is 5.88. The molecule has 0 saturated heterocycles. The largest absolute Gasteiger partial charge is 0.421 e. The molecule has 5 aromatic rings. The molecule has 8 heteroatoms. The second-order valence-corrected chi connectivity index (χ2v) is 7.15. The summed E-state index contributed by atoms with van der Waals surface area (Å²) in [7, 11) is 0. The lowest BCUT2D eigenvalue weighted by atomic mass is 10.1. The molecule has 2 aromatic carbocycles. The third kappa shape index (κ3) is 3.83. The highest BCUT2D eigenvalue weighted by atomic mass is 35.5. The van der Waals surface area contributed by atoms with E-state index < -0.39 is 0 Å². The summed E-state index contributed by atoms with van der Waals surface area (Å²) < 4.78 is 5.53. The molecule has 6 nitrogen and oxygen atoms in total. The maximum Gasteiger partial charge on any atom is 0.247 e. The third-order valence-corrected chi connectivity index (χ3v) is 5.16. The molecule has 0 radical (unpaired) electrons. The van der Waals surface area contributed by atoms with E-state index in [9.17, 15) is 0 Å². The molecule has 0 unspecified atom stereocenters. The highest BCUT2D eigenvalue weighted by Gasteiger charge is 2.09. The molecule has 0 bridgehead atoms. The Morgan fingerprint density at radius 1 is 0.931 bits per heavy atom. The molecule has 3 aromatic heterocycles. The molecule has 144 valence electrons. The number of aromatic nitrogens is 4. The molecule has 0 aliphatic heterocycles. The SMILES string of the molecule is Cc1nnc(-c2cccc(Nc3ccnc4cc(-c5nccs5)ccc34)c2)o1.Cl. The Bertz CT molecular complexity index is 1270. The zero-order chi connectivity index (χ0) is 18.9. The summed E-state index contributed by atoms with van der Waals surface area (Å²) in [5, 5.41) is 15.5. The van der Waals surface area contributed by atoms with Gasteiger partial charge in [0, 0.05) is 52.6 Å². The van der Waals surface area contributed by atoms with Gasteiger partial charge >= 0.3 is 0 Å². The van der Waals surface area contributed by atoms with Crippen LogP contribution < -0.4 is 5.32 Å². The first-order valence-electron chi connectivity index (χ1n) is 8.72. The summed E-state index contributed by atoms with van der Waals surface area (Å²) in [5.74, 6) is 1.05. The van der Waals surface area contributed by atoms with Crippen LogP contribution in [0.3, 0.4) is 0 Å². The van der Waals surface area contributed by atoms with E-state index in [1.165, 1.54) is 0 Å². The summed E-state index contributed by atoms with van der Waals surface area (Å²) in [6.45, 7) is 1.78. The smallest absolute Gasteiger partial charge is 0.247 e. The average molecular weight is 422 g/mol. The van der Waals surface area contributed by atoms with Gasteiger partial charge in [-0.1, -0.05) is 18.2 Å². The molecule has 0 aliphatic carbocycles. The number of nitrogens with zero attached hydrogens (tertiary/aromatic N) is 4. The zero-order valence-electron chi connectivity index (χ0n) is 15.4.